The number of esters is 1. The lowest BCUT2D eigenvalue weighted by molar-refractivity contribution is -0.115. The summed E-state index contributed by atoms with van der Waals surface area (Å²) in [6.07, 6.45) is 4.04. The maximum atomic E-state index is 13.6. The predicted octanol–water partition coefficient (Wildman–Crippen LogP) is 9.10. The summed E-state index contributed by atoms with van der Waals surface area (Å²) < 4.78 is 6.03. The molecule has 0 saturated carbocycles. The molecule has 2 unspecified atom stereocenters. The van der Waals surface area contributed by atoms with Crippen LogP contribution in [0.2, 0.25) is 0 Å². The number of methoxy groups -OCH3 is 1. The van der Waals surface area contributed by atoms with E-state index in [1.807, 2.05) is 54.6 Å². The second kappa shape index (κ2) is 17.0. The van der Waals surface area contributed by atoms with Crippen molar-refractivity contribution >= 4 is 79.5 Å². The highest BCUT2D eigenvalue weighted by atomic mass is 79.9. The number of halogens is 1. The molecule has 1 aromatic heterocycles. The third kappa shape index (κ3) is 9.08. The highest BCUT2D eigenvalue weighted by Gasteiger charge is 2.31. The largest absolute Gasteiger partial charge is 0.465 e. The van der Waals surface area contributed by atoms with Crippen LogP contribution in [0.1, 0.15) is 61.5 Å². The van der Waals surface area contributed by atoms with Crippen LogP contribution in [0.3, 0.4) is 0 Å². The van der Waals surface area contributed by atoms with Crippen molar-refractivity contribution in [3.8, 4) is 0 Å². The average Bonchev–Trinajstić information content (AvgIpc) is 3.52. The van der Waals surface area contributed by atoms with Crippen LogP contribution in [0.15, 0.2) is 124 Å². The maximum absolute atomic E-state index is 13.6. The quantitative estimate of drug-likeness (QED) is 0.0699. The number of thiophene rings is 1. The smallest absolute Gasteiger partial charge is 0.341 e. The van der Waals surface area contributed by atoms with Gasteiger partial charge < -0.3 is 20.7 Å². The van der Waals surface area contributed by atoms with Gasteiger partial charge in [-0.2, -0.15) is 0 Å². The van der Waals surface area contributed by atoms with Crippen LogP contribution in [-0.4, -0.2) is 36.1 Å². The Balaban J connectivity index is 1.15. The number of hydrogen-bond acceptors (Lipinski definition) is 7. The summed E-state index contributed by atoms with van der Waals surface area (Å²) in [5.41, 5.74) is 4.36. The van der Waals surface area contributed by atoms with Gasteiger partial charge in [-0.15, -0.1) is 23.1 Å². The Morgan fingerprint density at radius 1 is 0.904 bits per heavy atom. The summed E-state index contributed by atoms with van der Waals surface area (Å²) in [6.45, 7) is 1.79. The Bertz CT molecular complexity index is 2120. The number of anilines is 2. The second-order valence-electron chi connectivity index (χ2n) is 12.2. The van der Waals surface area contributed by atoms with Crippen LogP contribution >= 0.6 is 39.0 Å². The van der Waals surface area contributed by atoms with Gasteiger partial charge in [-0.1, -0.05) is 82.7 Å². The molecule has 0 spiro atoms. The molecular weight excluding hydrogens is 759 g/mol. The monoisotopic (exact) mass is 793 g/mol. The predicted molar refractivity (Wildman–Crippen MR) is 212 cm³/mol. The van der Waals surface area contributed by atoms with Gasteiger partial charge in [-0.3, -0.25) is 14.4 Å². The number of carbonyl (C=O) groups excluding carboxylic acids is 4. The van der Waals surface area contributed by atoms with Crippen molar-refractivity contribution in [2.75, 3.05) is 17.7 Å². The van der Waals surface area contributed by atoms with Crippen LogP contribution in [0.4, 0.5) is 10.7 Å². The molecule has 1 heterocycles. The summed E-state index contributed by atoms with van der Waals surface area (Å²) >= 11 is 6.19. The van der Waals surface area contributed by atoms with Crippen molar-refractivity contribution < 1.29 is 23.9 Å². The minimum Gasteiger partial charge on any atom is -0.465 e. The number of hydrogen-bond donors (Lipinski definition) is 3. The molecule has 52 heavy (non-hydrogen) atoms. The summed E-state index contributed by atoms with van der Waals surface area (Å²) in [7, 11) is 1.36. The van der Waals surface area contributed by atoms with Crippen LogP contribution in [0.25, 0.3) is 6.08 Å². The summed E-state index contributed by atoms with van der Waals surface area (Å²) in [5.74, 6) is -1.29. The van der Waals surface area contributed by atoms with Crippen molar-refractivity contribution in [1.82, 2.24) is 5.32 Å². The maximum Gasteiger partial charge on any atom is 0.341 e. The number of amides is 3. The SMILES string of the molecule is COC(=O)c1c(NC(=O)C(C)Sc2cccc(NC(=O)/C(=C/c3ccc(Br)cc3)NC(=O)c3ccccc3)c2)sc2c1CCC(c1ccccc1)C2. The van der Waals surface area contributed by atoms with Crippen LogP contribution in [0, 0.1) is 0 Å². The number of ether oxygens (including phenoxy) is 1. The fourth-order valence-corrected chi connectivity index (χ4v) is 8.50. The van der Waals surface area contributed by atoms with Crippen LogP contribution in [-0.2, 0) is 27.2 Å². The van der Waals surface area contributed by atoms with Crippen molar-refractivity contribution in [2.45, 2.75) is 42.2 Å². The lowest BCUT2D eigenvalue weighted by atomic mass is 9.83. The van der Waals surface area contributed by atoms with Gasteiger partial charge in [0.25, 0.3) is 11.8 Å². The molecule has 0 bridgehead atoms. The number of nitrogens with one attached hydrogen (secondary N) is 3. The van der Waals surface area contributed by atoms with Gasteiger partial charge in [-0.05, 0) is 97.3 Å². The van der Waals surface area contributed by atoms with E-state index in [2.05, 4.69) is 44.0 Å². The molecule has 3 amide bonds. The Morgan fingerprint density at radius 2 is 1.62 bits per heavy atom. The van der Waals surface area contributed by atoms with Gasteiger partial charge in [0.1, 0.15) is 10.7 Å². The Morgan fingerprint density at radius 3 is 2.33 bits per heavy atom. The first-order valence-electron chi connectivity index (χ1n) is 16.7. The number of fused-ring (bicyclic) bond motifs is 1. The van der Waals surface area contributed by atoms with Gasteiger partial charge in [0.15, 0.2) is 0 Å². The second-order valence-corrected chi connectivity index (χ2v) is 15.6. The summed E-state index contributed by atoms with van der Waals surface area (Å²) in [5, 5.41) is 8.63. The van der Waals surface area contributed by atoms with E-state index in [9.17, 15) is 19.2 Å². The molecule has 11 heteroatoms. The molecule has 0 aliphatic heterocycles. The van der Waals surface area contributed by atoms with E-state index < -0.39 is 23.0 Å². The van der Waals surface area contributed by atoms with Gasteiger partial charge in [-0.25, -0.2) is 4.79 Å². The van der Waals surface area contributed by atoms with Crippen LogP contribution < -0.4 is 16.0 Å². The van der Waals surface area contributed by atoms with E-state index in [-0.39, 0.29) is 11.6 Å². The molecule has 0 saturated heterocycles. The van der Waals surface area contributed by atoms with E-state index in [4.69, 9.17) is 4.74 Å². The van der Waals surface area contributed by atoms with E-state index in [0.29, 0.717) is 27.7 Å². The zero-order valence-corrected chi connectivity index (χ0v) is 31.7. The number of carbonyl (C=O) groups is 4. The minimum absolute atomic E-state index is 0.0668. The van der Waals surface area contributed by atoms with Crippen LogP contribution in [0.5, 0.6) is 0 Å². The van der Waals surface area contributed by atoms with E-state index in [0.717, 1.165) is 44.6 Å². The zero-order valence-electron chi connectivity index (χ0n) is 28.5. The fourth-order valence-electron chi connectivity index (χ4n) is 5.99. The number of rotatable bonds is 11. The molecule has 1 aliphatic carbocycles. The van der Waals surface area contributed by atoms with Gasteiger partial charge in [0.2, 0.25) is 5.91 Å². The van der Waals surface area contributed by atoms with Crippen molar-refractivity contribution in [1.29, 1.82) is 0 Å². The van der Waals surface area contributed by atoms with Crippen molar-refractivity contribution in [3.05, 3.63) is 152 Å². The van der Waals surface area contributed by atoms with E-state index in [1.165, 1.54) is 35.8 Å². The summed E-state index contributed by atoms with van der Waals surface area (Å²) in [6, 6.07) is 33.5. The Kier molecular flexibility index (Phi) is 12.1. The summed E-state index contributed by atoms with van der Waals surface area (Å²) in [4.78, 5) is 54.9. The fraction of sp³-hybridized carbons (Fsp3) is 0.171. The van der Waals surface area contributed by atoms with E-state index in [1.54, 1.807) is 55.5 Å². The molecule has 0 radical (unpaired) electrons. The molecule has 3 N–H and O–H groups in total. The Hall–Kier alpha value is -4.97. The third-order valence-electron chi connectivity index (χ3n) is 8.65. The molecule has 2 atom stereocenters. The number of thioether (sulfide) groups is 1. The average molecular weight is 795 g/mol. The molecule has 0 fully saturated rings. The Labute approximate surface area is 319 Å². The standard InChI is InChI=1S/C41H36BrN3O5S2/c1-25(37(46)45-40-36(41(49)50-2)33-21-18-29(23-35(33)52-40)27-10-5-3-6-11-27)51-32-15-9-14-31(24-32)43-39(48)34(22-26-16-19-30(42)20-17-26)44-38(47)28-12-7-4-8-13-28/h3-17,19-20,22,24-25,29H,18,21,23H2,1-2H3,(H,43,48)(H,44,47)(H,45,46)/b34-22-. The lowest BCUT2D eigenvalue weighted by Gasteiger charge is -2.22. The molecule has 264 valence electrons. The lowest BCUT2D eigenvalue weighted by Crippen LogP contribution is -2.30. The minimum atomic E-state index is -0.536. The zero-order chi connectivity index (χ0) is 36.6. The topological polar surface area (TPSA) is 114 Å². The third-order valence-corrected chi connectivity index (χ3v) is 11.4. The van der Waals surface area contributed by atoms with Crippen molar-refractivity contribution in [2.24, 2.45) is 0 Å². The van der Waals surface area contributed by atoms with E-state index >= 15 is 0 Å². The molecule has 5 aromatic rings. The number of benzene rings is 4. The molecule has 1 aliphatic rings. The van der Waals surface area contributed by atoms with Gasteiger partial charge >= 0.3 is 5.97 Å². The molecule has 6 rings (SSSR count). The van der Waals surface area contributed by atoms with Gasteiger partial charge in [0.05, 0.1) is 17.9 Å². The first kappa shape index (κ1) is 36.8. The van der Waals surface area contributed by atoms with Gasteiger partial charge in [0, 0.05) is 25.5 Å². The highest BCUT2D eigenvalue weighted by Crippen LogP contribution is 2.43. The normalized spacial score (nSPS) is 14.4. The first-order valence-corrected chi connectivity index (χ1v) is 19.2. The van der Waals surface area contributed by atoms with Crippen molar-refractivity contribution in [3.63, 3.8) is 0 Å². The molecular formula is C41H36BrN3O5S2. The molecule has 8 nitrogen and oxygen atoms in total. The first-order chi connectivity index (χ1) is 25.2. The molecule has 4 aromatic carbocycles. The highest BCUT2D eigenvalue weighted by molar-refractivity contribution is 9.10.